The van der Waals surface area contributed by atoms with Gasteiger partial charge in [-0.05, 0) is 37.6 Å². The average Bonchev–Trinajstić information content (AvgIpc) is 3.24. The molecule has 0 aliphatic carbocycles. The Bertz CT molecular complexity index is 1170. The number of carbonyl (C=O) groups is 1. The molecule has 0 saturated heterocycles. The third kappa shape index (κ3) is 3.96. The van der Waals surface area contributed by atoms with E-state index in [0.29, 0.717) is 29.1 Å². The summed E-state index contributed by atoms with van der Waals surface area (Å²) in [6.45, 7) is 4.56. The second kappa shape index (κ2) is 7.75. The molecule has 1 N–H and O–H groups in total. The topological polar surface area (TPSA) is 81.2 Å². The molecule has 4 aromatic rings. The molecule has 0 bridgehead atoms. The Kier molecular flexibility index (Phi) is 4.99. The first kappa shape index (κ1) is 18.7. The van der Waals surface area contributed by atoms with Crippen LogP contribution < -0.4 is 0 Å². The van der Waals surface area contributed by atoms with Crippen LogP contribution in [0.2, 0.25) is 0 Å². The van der Waals surface area contributed by atoms with Crippen molar-refractivity contribution in [2.24, 2.45) is 0 Å². The monoisotopic (exact) mass is 387 g/mol. The minimum Gasteiger partial charge on any atom is -0.481 e. The van der Waals surface area contributed by atoms with Crippen molar-refractivity contribution in [3.05, 3.63) is 83.0 Å². The van der Waals surface area contributed by atoms with Crippen molar-refractivity contribution in [1.82, 2.24) is 14.8 Å². The van der Waals surface area contributed by atoms with Gasteiger partial charge in [0.2, 0.25) is 5.89 Å². The number of aryl methyl sites for hydroxylation is 1. The number of rotatable bonds is 6. The molecule has 2 heterocycles. The van der Waals surface area contributed by atoms with E-state index in [1.54, 1.807) is 0 Å². The Hall–Kier alpha value is -3.67. The van der Waals surface area contributed by atoms with Crippen LogP contribution >= 0.6 is 0 Å². The fourth-order valence-corrected chi connectivity index (χ4v) is 3.37. The molecule has 0 unspecified atom stereocenters. The lowest BCUT2D eigenvalue weighted by atomic mass is 10.1. The van der Waals surface area contributed by atoms with Gasteiger partial charge < -0.3 is 9.52 Å². The zero-order valence-corrected chi connectivity index (χ0v) is 16.3. The van der Waals surface area contributed by atoms with Crippen LogP contribution in [0.25, 0.3) is 22.7 Å². The van der Waals surface area contributed by atoms with Crippen LogP contribution in [0.5, 0.6) is 0 Å². The molecule has 0 spiro atoms. The third-order valence-corrected chi connectivity index (χ3v) is 4.84. The number of fused-ring (bicyclic) bond motifs is 1. The molecule has 0 aliphatic heterocycles. The molecule has 0 radical (unpaired) electrons. The minimum absolute atomic E-state index is 0.185. The van der Waals surface area contributed by atoms with Crippen molar-refractivity contribution >= 4 is 28.7 Å². The van der Waals surface area contributed by atoms with Gasteiger partial charge in [-0.3, -0.25) is 9.48 Å². The molecule has 29 heavy (non-hydrogen) atoms. The maximum atomic E-state index is 11.5. The van der Waals surface area contributed by atoms with E-state index in [-0.39, 0.29) is 6.42 Å². The molecular formula is C23H21N3O3. The number of oxazole rings is 1. The predicted octanol–water partition coefficient (Wildman–Crippen LogP) is 4.70. The molecule has 0 fully saturated rings. The van der Waals surface area contributed by atoms with E-state index in [1.165, 1.54) is 0 Å². The van der Waals surface area contributed by atoms with Crippen LogP contribution in [-0.4, -0.2) is 25.8 Å². The molecule has 2 aromatic heterocycles. The predicted molar refractivity (Wildman–Crippen MR) is 111 cm³/mol. The van der Waals surface area contributed by atoms with Crippen molar-refractivity contribution < 1.29 is 14.3 Å². The zero-order chi connectivity index (χ0) is 20.4. The minimum atomic E-state index is -0.939. The highest BCUT2D eigenvalue weighted by Gasteiger charge is 2.17. The Morgan fingerprint density at radius 2 is 1.83 bits per heavy atom. The number of hydrogen-bond acceptors (Lipinski definition) is 4. The van der Waals surface area contributed by atoms with Gasteiger partial charge in [-0.25, -0.2) is 4.98 Å². The zero-order valence-electron chi connectivity index (χ0n) is 16.3. The summed E-state index contributed by atoms with van der Waals surface area (Å²) in [4.78, 5) is 15.9. The molecule has 146 valence electrons. The smallest absolute Gasteiger partial charge is 0.308 e. The first-order chi connectivity index (χ1) is 14.0. The van der Waals surface area contributed by atoms with E-state index < -0.39 is 5.97 Å². The number of benzene rings is 2. The fraction of sp³-hybridized carbons (Fsp3) is 0.174. The van der Waals surface area contributed by atoms with Crippen LogP contribution in [0, 0.1) is 13.8 Å². The van der Waals surface area contributed by atoms with Crippen LogP contribution in [0.15, 0.2) is 59.0 Å². The first-order valence-corrected chi connectivity index (χ1v) is 9.37. The van der Waals surface area contributed by atoms with Gasteiger partial charge >= 0.3 is 5.97 Å². The third-order valence-electron chi connectivity index (χ3n) is 4.84. The van der Waals surface area contributed by atoms with Crippen LogP contribution in [0.3, 0.4) is 0 Å². The van der Waals surface area contributed by atoms with Gasteiger partial charge in [0.25, 0.3) is 0 Å². The quantitative estimate of drug-likeness (QED) is 0.518. The number of nitrogens with zero attached hydrogens (tertiary/aromatic N) is 3. The standard InChI is InChI=1S/C23H21N3O3/c1-15-19(16(2)26(25-15)14-17-8-4-3-5-9-17)12-18(13-22(27)28)23-24-20-10-6-7-11-21(20)29-23/h3-12H,13-14H2,1-2H3,(H,27,28)/b18-12+. The van der Waals surface area contributed by atoms with Gasteiger partial charge in [0, 0.05) is 16.8 Å². The number of aromatic nitrogens is 3. The molecule has 0 atom stereocenters. The number of carboxylic acid groups (broad SMARTS) is 1. The van der Waals surface area contributed by atoms with Crippen molar-refractivity contribution in [3.8, 4) is 0 Å². The van der Waals surface area contributed by atoms with Gasteiger partial charge in [-0.2, -0.15) is 5.10 Å². The molecule has 0 amide bonds. The number of aliphatic carboxylic acids is 1. The van der Waals surface area contributed by atoms with Crippen molar-refractivity contribution in [2.45, 2.75) is 26.8 Å². The second-order valence-corrected chi connectivity index (χ2v) is 6.95. The number of carboxylic acids is 1. The fourth-order valence-electron chi connectivity index (χ4n) is 3.37. The average molecular weight is 387 g/mol. The maximum absolute atomic E-state index is 11.5. The highest BCUT2D eigenvalue weighted by molar-refractivity contribution is 5.91. The maximum Gasteiger partial charge on any atom is 0.308 e. The summed E-state index contributed by atoms with van der Waals surface area (Å²) < 4.78 is 7.75. The lowest BCUT2D eigenvalue weighted by Gasteiger charge is -2.05. The van der Waals surface area contributed by atoms with Crippen molar-refractivity contribution in [1.29, 1.82) is 0 Å². The van der Waals surface area contributed by atoms with Gasteiger partial charge in [0.05, 0.1) is 18.7 Å². The normalized spacial score (nSPS) is 11.9. The Morgan fingerprint density at radius 1 is 1.10 bits per heavy atom. The van der Waals surface area contributed by atoms with Crippen molar-refractivity contribution in [3.63, 3.8) is 0 Å². The number of para-hydroxylation sites is 2. The summed E-state index contributed by atoms with van der Waals surface area (Å²) >= 11 is 0. The summed E-state index contributed by atoms with van der Waals surface area (Å²) in [7, 11) is 0. The van der Waals surface area contributed by atoms with Gasteiger partial charge in [0.1, 0.15) is 5.52 Å². The van der Waals surface area contributed by atoms with Crippen LogP contribution in [-0.2, 0) is 11.3 Å². The lowest BCUT2D eigenvalue weighted by Crippen LogP contribution is -2.04. The van der Waals surface area contributed by atoms with E-state index in [9.17, 15) is 9.90 Å². The van der Waals surface area contributed by atoms with Crippen LogP contribution in [0.4, 0.5) is 0 Å². The summed E-state index contributed by atoms with van der Waals surface area (Å²) in [5.74, 6) is -0.617. The van der Waals surface area contributed by atoms with Gasteiger partial charge in [0.15, 0.2) is 5.58 Å². The molecule has 6 heteroatoms. The second-order valence-electron chi connectivity index (χ2n) is 6.95. The van der Waals surface area contributed by atoms with E-state index in [0.717, 1.165) is 22.5 Å². The first-order valence-electron chi connectivity index (χ1n) is 9.37. The van der Waals surface area contributed by atoms with E-state index in [2.05, 4.69) is 22.2 Å². The highest BCUT2D eigenvalue weighted by Crippen LogP contribution is 2.27. The Balaban J connectivity index is 1.75. The van der Waals surface area contributed by atoms with Crippen LogP contribution in [0.1, 0.15) is 34.8 Å². The molecular weight excluding hydrogens is 366 g/mol. The summed E-state index contributed by atoms with van der Waals surface area (Å²) in [6.07, 6.45) is 1.65. The summed E-state index contributed by atoms with van der Waals surface area (Å²) in [5, 5.41) is 14.1. The molecule has 6 nitrogen and oxygen atoms in total. The largest absolute Gasteiger partial charge is 0.481 e. The Labute approximate surface area is 168 Å². The number of hydrogen-bond donors (Lipinski definition) is 1. The summed E-state index contributed by atoms with van der Waals surface area (Å²) in [5.41, 5.74) is 5.68. The summed E-state index contributed by atoms with van der Waals surface area (Å²) in [6, 6.07) is 17.5. The molecule has 0 aliphatic rings. The molecule has 4 rings (SSSR count). The van der Waals surface area contributed by atoms with E-state index in [1.807, 2.05) is 67.1 Å². The van der Waals surface area contributed by atoms with E-state index in [4.69, 9.17) is 4.42 Å². The molecule has 0 saturated carbocycles. The van der Waals surface area contributed by atoms with Crippen molar-refractivity contribution in [2.75, 3.05) is 0 Å². The van der Waals surface area contributed by atoms with E-state index >= 15 is 0 Å². The SMILES string of the molecule is Cc1nn(Cc2ccccc2)c(C)c1/C=C(\CC(=O)O)c1nc2ccccc2o1. The lowest BCUT2D eigenvalue weighted by molar-refractivity contribution is -0.135. The van der Waals surface area contributed by atoms with Gasteiger partial charge in [-0.15, -0.1) is 0 Å². The highest BCUT2D eigenvalue weighted by atomic mass is 16.4. The molecule has 2 aromatic carbocycles. The Morgan fingerprint density at radius 3 is 2.55 bits per heavy atom. The van der Waals surface area contributed by atoms with Gasteiger partial charge in [-0.1, -0.05) is 42.5 Å².